The number of pyridine rings is 5. The molecule has 0 saturated carbocycles. The lowest BCUT2D eigenvalue weighted by molar-refractivity contribution is -0.0395. The number of rotatable bonds is 17. The maximum absolute atomic E-state index is 13.7. The number of ether oxygens (including phenoxy) is 5. The number of fused-ring (bicyclic) bond motifs is 12. The van der Waals surface area contributed by atoms with E-state index in [4.69, 9.17) is 23.7 Å². The normalized spacial score (nSPS) is 18.3. The first-order valence-corrected chi connectivity index (χ1v) is 47.1. The molecule has 0 bridgehead atoms. The molecule has 30 nitrogen and oxygen atoms in total. The van der Waals surface area contributed by atoms with Gasteiger partial charge in [-0.1, -0.05) is 111 Å². The Morgan fingerprint density at radius 1 is 0.357 bits per heavy atom. The predicted molar refractivity (Wildman–Crippen MR) is 536 cm³/mol. The molecule has 15 heterocycles. The molecule has 4 aliphatic rings. The Balaban J connectivity index is 0.000000115. The molecule has 19 aromatic rings. The van der Waals surface area contributed by atoms with Gasteiger partial charge in [-0.25, -0.2) is 29.9 Å². The van der Waals surface area contributed by atoms with Crippen molar-refractivity contribution in [3.05, 3.63) is 360 Å². The Bertz CT molecular complexity index is 8130. The molecular formula is C110H103N17O13. The zero-order valence-corrected chi connectivity index (χ0v) is 77.9. The third kappa shape index (κ3) is 19.1. The zero-order chi connectivity index (χ0) is 96.2. The second-order valence-corrected chi connectivity index (χ2v) is 36.3. The van der Waals surface area contributed by atoms with Crippen LogP contribution < -0.4 is 27.0 Å². The van der Waals surface area contributed by atoms with E-state index in [1.807, 2.05) is 172 Å². The van der Waals surface area contributed by atoms with E-state index in [-0.39, 0.29) is 47.5 Å². The van der Waals surface area contributed by atoms with E-state index in [2.05, 4.69) is 116 Å². The van der Waals surface area contributed by atoms with E-state index in [0.717, 1.165) is 133 Å². The average molecular weight is 1870 g/mol. The van der Waals surface area contributed by atoms with Crippen LogP contribution in [0.15, 0.2) is 282 Å². The standard InChI is InChI=1S/C29H26N4O3.C28H25N5O4.C27H25N5O3.C26H27N3O3/c1-18-21(7-4-10-30-18)25-14-19(8-11-31-25)13-20-15-24-28(23-6-3-2-5-22(20)23)32-17-33(29(24)35)26-9-12-36-16-27(26)34;1-36-28-30-13-19(14-31-28)23-11-17(6-8-29-23)10-18-12-22-26(21-5-3-2-4-20(18)21)32-16-33(27(22)35)24-7-9-37-15-25(24)34;1-31-14-19(13-30-31)23-11-17(6-8-28-23)10-18-12-22-26(21-5-3-2-4-20(18)21)29-16-32(27(22)34)24-15-35-9-7-25(24)33;1-16(2)22-12-17(7-9-27-22)11-18-13-21-25(20-6-4-3-5-19(18)20)28-15-29(26(21)31)23-14-32-10-8-24(23)30/h2-8,10-11,14-15,17,26-27,34H,9,12-13,16H2,1H3;2-6,8,11-14,16,24-25,34H,7,9-10,15H2,1H3;2-6,8,11-14,16,24-25,33H,7,9-10,15H2,1H3;3-7,9,12-13,15-16,23-24,30H,8,10-11,14H2,1-2H3/t26-,27-;2*24-,25-;23-,24-/m0000/s1. The second-order valence-electron chi connectivity index (χ2n) is 36.3. The molecule has 4 aliphatic heterocycles. The molecule has 706 valence electrons. The van der Waals surface area contributed by atoms with Crippen molar-refractivity contribution < 1.29 is 44.1 Å². The van der Waals surface area contributed by atoms with Crippen molar-refractivity contribution in [2.45, 2.75) is 127 Å². The number of nitrogens with zero attached hydrogens (tertiary/aromatic N) is 17. The van der Waals surface area contributed by atoms with Crippen molar-refractivity contribution in [3.8, 4) is 39.8 Å². The summed E-state index contributed by atoms with van der Waals surface area (Å²) in [6.45, 7) is 9.29. The van der Waals surface area contributed by atoms with Crippen LogP contribution in [-0.2, 0) is 51.7 Å². The molecule has 30 heteroatoms. The monoisotopic (exact) mass is 1870 g/mol. The first-order valence-electron chi connectivity index (χ1n) is 47.1. The van der Waals surface area contributed by atoms with Crippen molar-refractivity contribution in [2.24, 2.45) is 7.05 Å². The van der Waals surface area contributed by atoms with Crippen molar-refractivity contribution in [2.75, 3.05) is 60.0 Å². The molecule has 0 spiro atoms. The molecule has 4 fully saturated rings. The molecular weight excluding hydrogens is 1770 g/mol. The number of aliphatic hydroxyl groups is 4. The molecule has 0 aliphatic carbocycles. The summed E-state index contributed by atoms with van der Waals surface area (Å²) in [6, 6.07) is 59.0. The van der Waals surface area contributed by atoms with Crippen molar-refractivity contribution in [1.82, 2.24) is 82.9 Å². The predicted octanol–water partition coefficient (Wildman–Crippen LogP) is 14.8. The van der Waals surface area contributed by atoms with Crippen molar-refractivity contribution in [3.63, 3.8) is 0 Å². The molecule has 0 amide bonds. The first kappa shape index (κ1) is 92.6. The van der Waals surface area contributed by atoms with Crippen LogP contribution in [0.3, 0.4) is 0 Å². The average Bonchev–Trinajstić information content (AvgIpc) is 0.779. The number of benzene rings is 8. The fourth-order valence-electron chi connectivity index (χ4n) is 19.6. The highest BCUT2D eigenvalue weighted by atomic mass is 16.5. The van der Waals surface area contributed by atoms with Gasteiger partial charge in [0.15, 0.2) is 0 Å². The van der Waals surface area contributed by atoms with Crippen molar-refractivity contribution in [1.29, 1.82) is 0 Å². The summed E-state index contributed by atoms with van der Waals surface area (Å²) in [6.07, 6.45) is 24.3. The summed E-state index contributed by atoms with van der Waals surface area (Å²) in [5, 5.41) is 56.3. The van der Waals surface area contributed by atoms with E-state index in [0.29, 0.717) is 147 Å². The van der Waals surface area contributed by atoms with E-state index in [1.54, 1.807) is 76.3 Å². The summed E-state index contributed by atoms with van der Waals surface area (Å²) < 4.78 is 34.8. The Hall–Kier alpha value is -15.1. The van der Waals surface area contributed by atoms with Gasteiger partial charge in [0.05, 0.1) is 174 Å². The molecule has 140 heavy (non-hydrogen) atoms. The van der Waals surface area contributed by atoms with Gasteiger partial charge in [0, 0.05) is 133 Å². The van der Waals surface area contributed by atoms with Crippen LogP contribution in [0.4, 0.5) is 0 Å². The van der Waals surface area contributed by atoms with Gasteiger partial charge in [-0.05, 0) is 215 Å². The largest absolute Gasteiger partial charge is 0.467 e. The quantitative estimate of drug-likeness (QED) is 0.0615. The fraction of sp³-hybridized carbons (Fsp3) is 0.273. The SMILES string of the molecule is CC(C)c1cc(Cc2cc3c(=O)n([C@H]4COCC[C@@H]4O)cnc3c3ccccc23)ccn1.COc1ncc(-c2cc(Cc3cc4c(=O)n([C@H]5CCOC[C@@H]5O)cnc4c4ccccc34)ccn2)cn1.Cc1ncccc1-c1cc(Cc2cc3c(=O)n([C@H]4CCOC[C@@H]4O)cnc3c3ccccc23)ccn1.Cn1cc(-c2cc(Cc3cc4c(=O)n([C@H]5COCC[C@@H]5O)cnc4c4ccccc34)ccn2)cn1. The molecule has 11 aromatic heterocycles. The second kappa shape index (κ2) is 40.9. The topological polar surface area (TPSA) is 375 Å². The lowest BCUT2D eigenvalue weighted by Crippen LogP contribution is -2.39. The van der Waals surface area contributed by atoms with Gasteiger partial charge in [-0.3, -0.25) is 67.0 Å². The highest BCUT2D eigenvalue weighted by Gasteiger charge is 2.33. The maximum Gasteiger partial charge on any atom is 0.316 e. The van der Waals surface area contributed by atoms with E-state index in [9.17, 15) is 39.6 Å². The maximum atomic E-state index is 13.7. The number of hydrogen-bond donors (Lipinski definition) is 4. The third-order valence-electron chi connectivity index (χ3n) is 27.0. The Kier molecular flexibility index (Phi) is 27.0. The minimum Gasteiger partial charge on any atom is -0.467 e. The molecule has 23 rings (SSSR count). The van der Waals surface area contributed by atoms with Gasteiger partial charge >= 0.3 is 6.01 Å². The summed E-state index contributed by atoms with van der Waals surface area (Å²) in [5.41, 5.74) is 17.9. The highest BCUT2D eigenvalue weighted by Crippen LogP contribution is 2.37. The smallest absolute Gasteiger partial charge is 0.316 e. The first-order chi connectivity index (χ1) is 68.3. The van der Waals surface area contributed by atoms with Crippen LogP contribution in [0.1, 0.15) is 126 Å². The van der Waals surface area contributed by atoms with Crippen molar-refractivity contribution >= 4 is 86.7 Å². The Morgan fingerprint density at radius 2 is 0.714 bits per heavy atom. The van der Waals surface area contributed by atoms with Gasteiger partial charge in [-0.15, -0.1) is 0 Å². The lowest BCUT2D eigenvalue weighted by atomic mass is 9.95. The zero-order valence-electron chi connectivity index (χ0n) is 77.9. The highest BCUT2D eigenvalue weighted by molar-refractivity contribution is 6.10. The van der Waals surface area contributed by atoms with Crippen LogP contribution >= 0.6 is 0 Å². The minimum absolute atomic E-state index is 0.139. The molecule has 4 saturated heterocycles. The van der Waals surface area contributed by atoms with E-state index < -0.39 is 36.5 Å². The molecule has 0 unspecified atom stereocenters. The van der Waals surface area contributed by atoms with E-state index >= 15 is 0 Å². The summed E-state index contributed by atoms with van der Waals surface area (Å²) >= 11 is 0. The van der Waals surface area contributed by atoms with Gasteiger partial charge < -0.3 is 44.1 Å². The minimum atomic E-state index is -0.747. The van der Waals surface area contributed by atoms with Crippen LogP contribution in [-0.4, -0.2) is 188 Å². The van der Waals surface area contributed by atoms with Gasteiger partial charge in [0.1, 0.15) is 0 Å². The summed E-state index contributed by atoms with van der Waals surface area (Å²) in [4.78, 5) is 104. The molecule has 8 atom stereocenters. The molecule has 0 radical (unpaired) electrons. The Labute approximate surface area is 803 Å². The van der Waals surface area contributed by atoms with Crippen LogP contribution in [0.25, 0.3) is 120 Å². The summed E-state index contributed by atoms with van der Waals surface area (Å²) in [7, 11) is 3.41. The molecule has 4 N–H and O–H groups in total. The Morgan fingerprint density at radius 3 is 1.09 bits per heavy atom. The fourth-order valence-corrected chi connectivity index (χ4v) is 19.6. The van der Waals surface area contributed by atoms with Gasteiger partial charge in [-0.2, -0.15) is 5.10 Å². The number of aryl methyl sites for hydroxylation is 2. The van der Waals surface area contributed by atoms with Gasteiger partial charge in [0.25, 0.3) is 22.2 Å². The molecule has 8 aromatic carbocycles. The summed E-state index contributed by atoms with van der Waals surface area (Å²) in [5.74, 6) is 0.351. The number of methoxy groups -OCH3 is 1. The number of aliphatic hydroxyl groups excluding tert-OH is 4. The van der Waals surface area contributed by atoms with Crippen LogP contribution in [0.5, 0.6) is 6.01 Å². The van der Waals surface area contributed by atoms with Gasteiger partial charge in [0.2, 0.25) is 0 Å². The van der Waals surface area contributed by atoms with Crippen LogP contribution in [0, 0.1) is 6.92 Å². The number of aromatic nitrogens is 17. The third-order valence-corrected chi connectivity index (χ3v) is 27.0. The lowest BCUT2D eigenvalue weighted by Gasteiger charge is -2.29. The van der Waals surface area contributed by atoms with Crippen LogP contribution in [0.2, 0.25) is 0 Å². The number of hydrogen-bond acceptors (Lipinski definition) is 25. The van der Waals surface area contributed by atoms with E-state index in [1.165, 1.54) is 16.2 Å².